The van der Waals surface area contributed by atoms with E-state index in [4.69, 9.17) is 8.92 Å². The van der Waals surface area contributed by atoms with Crippen molar-refractivity contribution in [3.63, 3.8) is 0 Å². The third kappa shape index (κ3) is 2.86. The fraction of sp³-hybridized carbons (Fsp3) is 0.211. The number of halogens is 1. The average molecular weight is 389 g/mol. The van der Waals surface area contributed by atoms with Gasteiger partial charge in [-0.15, -0.1) is 0 Å². The predicted octanol–water partition coefficient (Wildman–Crippen LogP) is 3.04. The summed E-state index contributed by atoms with van der Waals surface area (Å²) in [5.74, 6) is -1.94. The van der Waals surface area contributed by atoms with Crippen molar-refractivity contribution in [2.24, 2.45) is 5.92 Å². The lowest BCUT2D eigenvalue weighted by atomic mass is 9.95. The lowest BCUT2D eigenvalue weighted by Gasteiger charge is -2.34. The van der Waals surface area contributed by atoms with E-state index in [0.29, 0.717) is 5.56 Å². The van der Waals surface area contributed by atoms with Crippen LogP contribution in [0, 0.1) is 11.7 Å². The molecule has 2 aromatic rings. The van der Waals surface area contributed by atoms with E-state index in [9.17, 15) is 17.6 Å². The highest BCUT2D eigenvalue weighted by molar-refractivity contribution is 7.85. The minimum absolute atomic E-state index is 0.0234. The molecule has 0 spiro atoms. The Morgan fingerprint density at radius 2 is 1.96 bits per heavy atom. The van der Waals surface area contributed by atoms with Gasteiger partial charge in [0.15, 0.2) is 5.75 Å². The normalized spacial score (nSPS) is 22.3. The fourth-order valence-electron chi connectivity index (χ4n) is 3.46. The van der Waals surface area contributed by atoms with Crippen LogP contribution >= 0.6 is 0 Å². The first-order chi connectivity index (χ1) is 12.9. The molecule has 0 saturated carbocycles. The van der Waals surface area contributed by atoms with Crippen LogP contribution in [0.2, 0.25) is 0 Å². The molecule has 0 fully saturated rings. The Bertz CT molecular complexity index is 1040. The van der Waals surface area contributed by atoms with Crippen molar-refractivity contribution in [2.75, 3.05) is 6.61 Å². The monoisotopic (exact) mass is 389 g/mol. The largest absolute Gasteiger partial charge is 0.465 e. The second kappa shape index (κ2) is 6.38. The van der Waals surface area contributed by atoms with Crippen LogP contribution in [0.1, 0.15) is 24.1 Å². The number of benzene rings is 2. The van der Waals surface area contributed by atoms with E-state index >= 15 is 0 Å². The van der Waals surface area contributed by atoms with Gasteiger partial charge in [0.05, 0.1) is 18.3 Å². The maximum atomic E-state index is 13.8. The quantitative estimate of drug-likeness (QED) is 0.755. The van der Waals surface area contributed by atoms with E-state index in [1.807, 2.05) is 0 Å². The molecule has 0 N–H and O–H groups in total. The third-order valence-electron chi connectivity index (χ3n) is 4.52. The van der Waals surface area contributed by atoms with Gasteiger partial charge in [0.1, 0.15) is 11.7 Å². The van der Waals surface area contributed by atoms with Gasteiger partial charge >= 0.3 is 16.3 Å². The average Bonchev–Trinajstić information content (AvgIpc) is 3.05. The Morgan fingerprint density at radius 1 is 1.22 bits per heavy atom. The van der Waals surface area contributed by atoms with Gasteiger partial charge in [0.2, 0.25) is 0 Å². The van der Waals surface area contributed by atoms with Gasteiger partial charge in [-0.3, -0.25) is 4.79 Å². The Labute approximate surface area is 156 Å². The van der Waals surface area contributed by atoms with E-state index < -0.39 is 34.1 Å². The van der Waals surface area contributed by atoms with Crippen LogP contribution in [0.5, 0.6) is 5.75 Å². The van der Waals surface area contributed by atoms with E-state index in [1.54, 1.807) is 37.3 Å². The second-order valence-corrected chi connectivity index (χ2v) is 7.58. The summed E-state index contributed by atoms with van der Waals surface area (Å²) in [7, 11) is -4.23. The van der Waals surface area contributed by atoms with Crippen molar-refractivity contribution in [1.82, 2.24) is 4.31 Å². The van der Waals surface area contributed by atoms with Crippen LogP contribution in [0.25, 0.3) is 5.70 Å². The molecule has 0 saturated heterocycles. The summed E-state index contributed by atoms with van der Waals surface area (Å²) in [5, 5.41) is 0. The van der Waals surface area contributed by atoms with Crippen molar-refractivity contribution in [1.29, 1.82) is 0 Å². The maximum absolute atomic E-state index is 13.8. The molecule has 0 aliphatic carbocycles. The SMILES string of the molecule is CCOC(=O)[C@@H]1C=C2c3cc(F)ccc3OS(=O)(=O)N2[C@H]1c1ccccc1. The molecule has 6 nitrogen and oxygen atoms in total. The molecule has 2 aliphatic rings. The van der Waals surface area contributed by atoms with Gasteiger partial charge in [0.25, 0.3) is 0 Å². The Morgan fingerprint density at radius 3 is 2.67 bits per heavy atom. The van der Waals surface area contributed by atoms with Crippen LogP contribution in [0.3, 0.4) is 0 Å². The number of esters is 1. The van der Waals surface area contributed by atoms with E-state index in [1.165, 1.54) is 18.2 Å². The second-order valence-electron chi connectivity index (χ2n) is 6.16. The van der Waals surface area contributed by atoms with Gasteiger partial charge in [0, 0.05) is 5.56 Å². The summed E-state index contributed by atoms with van der Waals surface area (Å²) >= 11 is 0. The molecule has 0 unspecified atom stereocenters. The van der Waals surface area contributed by atoms with Gasteiger partial charge in [-0.05, 0) is 36.8 Å². The van der Waals surface area contributed by atoms with Crippen molar-refractivity contribution in [2.45, 2.75) is 13.0 Å². The number of nitrogens with zero attached hydrogens (tertiary/aromatic N) is 1. The smallest absolute Gasteiger partial charge is 0.410 e. The minimum atomic E-state index is -4.23. The molecule has 8 heteroatoms. The van der Waals surface area contributed by atoms with E-state index in [2.05, 4.69) is 0 Å². The van der Waals surface area contributed by atoms with Crippen molar-refractivity contribution in [3.8, 4) is 5.75 Å². The first kappa shape index (κ1) is 17.5. The highest BCUT2D eigenvalue weighted by atomic mass is 32.2. The highest BCUT2D eigenvalue weighted by Gasteiger charge is 2.50. The first-order valence-electron chi connectivity index (χ1n) is 8.39. The molecule has 2 aliphatic heterocycles. The van der Waals surface area contributed by atoms with Gasteiger partial charge in [-0.25, -0.2) is 8.70 Å². The molecule has 0 aromatic heterocycles. The van der Waals surface area contributed by atoms with Gasteiger partial charge < -0.3 is 8.92 Å². The summed E-state index contributed by atoms with van der Waals surface area (Å²) in [6.07, 6.45) is 1.51. The predicted molar refractivity (Wildman–Crippen MR) is 95.1 cm³/mol. The molecular formula is C19H16FNO5S. The molecule has 4 rings (SSSR count). The first-order valence-corrected chi connectivity index (χ1v) is 9.76. The molecule has 0 bridgehead atoms. The standard InChI is InChI=1S/C19H16FNO5S/c1-2-25-19(22)15-11-16-14-10-13(20)8-9-17(14)26-27(23,24)21(16)18(15)12-6-4-3-5-7-12/h3-11,15,18H,2H2,1H3/t15-,18+/m1/s1. The number of carbonyl (C=O) groups excluding carboxylic acids is 1. The molecule has 2 heterocycles. The number of ether oxygens (including phenoxy) is 1. The van der Waals surface area contributed by atoms with Crippen LogP contribution in [0.4, 0.5) is 4.39 Å². The van der Waals surface area contributed by atoms with Crippen molar-refractivity contribution >= 4 is 22.0 Å². The summed E-state index contributed by atoms with van der Waals surface area (Å²) < 4.78 is 50.8. The minimum Gasteiger partial charge on any atom is -0.465 e. The Hall–Kier alpha value is -2.87. The number of rotatable bonds is 3. The van der Waals surface area contributed by atoms with Crippen LogP contribution in [-0.4, -0.2) is 25.3 Å². The molecule has 140 valence electrons. The number of hydrogen-bond acceptors (Lipinski definition) is 5. The van der Waals surface area contributed by atoms with E-state index in [0.717, 1.165) is 10.4 Å². The zero-order chi connectivity index (χ0) is 19.2. The Kier molecular flexibility index (Phi) is 4.15. The Balaban J connectivity index is 1.92. The van der Waals surface area contributed by atoms with Gasteiger partial charge in [-0.2, -0.15) is 8.42 Å². The molecule has 0 amide bonds. The van der Waals surface area contributed by atoms with E-state index in [-0.39, 0.29) is 23.6 Å². The summed E-state index contributed by atoms with van der Waals surface area (Å²) in [6.45, 7) is 1.84. The topological polar surface area (TPSA) is 72.9 Å². The number of carbonyl (C=O) groups is 1. The zero-order valence-corrected chi connectivity index (χ0v) is 15.1. The molecule has 0 radical (unpaired) electrons. The van der Waals surface area contributed by atoms with Crippen LogP contribution in [0.15, 0.2) is 54.6 Å². The van der Waals surface area contributed by atoms with Crippen molar-refractivity contribution in [3.05, 3.63) is 71.6 Å². The molecule has 2 atom stereocenters. The highest BCUT2D eigenvalue weighted by Crippen LogP contribution is 2.50. The van der Waals surface area contributed by atoms with Crippen LogP contribution < -0.4 is 4.18 Å². The molecular weight excluding hydrogens is 373 g/mol. The van der Waals surface area contributed by atoms with Gasteiger partial charge in [-0.1, -0.05) is 30.3 Å². The number of fused-ring (bicyclic) bond motifs is 3. The lowest BCUT2D eigenvalue weighted by molar-refractivity contribution is -0.147. The maximum Gasteiger partial charge on any atom is 0.410 e. The fourth-order valence-corrected chi connectivity index (χ4v) is 4.84. The molecule has 2 aromatic carbocycles. The summed E-state index contributed by atoms with van der Waals surface area (Å²) in [4.78, 5) is 12.6. The summed E-state index contributed by atoms with van der Waals surface area (Å²) in [5.41, 5.74) is 1.09. The lowest BCUT2D eigenvalue weighted by Crippen LogP contribution is -2.39. The van der Waals surface area contributed by atoms with Crippen molar-refractivity contribution < 1.29 is 26.5 Å². The third-order valence-corrected chi connectivity index (χ3v) is 5.82. The number of hydrogen-bond donors (Lipinski definition) is 0. The summed E-state index contributed by atoms with van der Waals surface area (Å²) in [6, 6.07) is 11.4. The molecule has 27 heavy (non-hydrogen) atoms. The zero-order valence-electron chi connectivity index (χ0n) is 14.3. The van der Waals surface area contributed by atoms with Crippen LogP contribution in [-0.2, 0) is 19.8 Å².